The molecular weight excluding hydrogens is 168 g/mol. The van der Waals surface area contributed by atoms with E-state index in [0.29, 0.717) is 0 Å². The summed E-state index contributed by atoms with van der Waals surface area (Å²) in [6.45, 7) is 5.69. The van der Waals surface area contributed by atoms with E-state index in [4.69, 9.17) is 5.11 Å². The minimum atomic E-state index is -0.909. The van der Waals surface area contributed by atoms with E-state index in [0.717, 1.165) is 17.0 Å². The number of carboxylic acid groups (broad SMARTS) is 1. The predicted octanol–water partition coefficient (Wildman–Crippen LogP) is 1.10. The molecular formula is C9H14N2O2. The van der Waals surface area contributed by atoms with Gasteiger partial charge in [-0.15, -0.1) is 0 Å². The van der Waals surface area contributed by atoms with Crippen LogP contribution >= 0.6 is 0 Å². The molecule has 1 aliphatic rings. The van der Waals surface area contributed by atoms with Crippen molar-refractivity contribution in [3.63, 3.8) is 0 Å². The third-order valence-electron chi connectivity index (χ3n) is 2.52. The number of hydrogen-bond acceptors (Lipinski definition) is 3. The molecule has 0 radical (unpaired) electrons. The Morgan fingerprint density at radius 3 is 2.46 bits per heavy atom. The van der Waals surface area contributed by atoms with Crippen LogP contribution in [0.3, 0.4) is 0 Å². The van der Waals surface area contributed by atoms with E-state index < -0.39 is 12.1 Å². The van der Waals surface area contributed by atoms with Crippen LogP contribution in [0, 0.1) is 0 Å². The molecule has 0 aliphatic carbocycles. The SMILES string of the molecule is CC1=NC(C(=O)O)N(C)C(C)=C1C. The summed E-state index contributed by atoms with van der Waals surface area (Å²) in [4.78, 5) is 16.5. The fourth-order valence-electron chi connectivity index (χ4n) is 1.30. The number of likely N-dealkylation sites (N-methyl/N-ethyl adjacent to an activating group) is 1. The first kappa shape index (κ1) is 9.77. The summed E-state index contributed by atoms with van der Waals surface area (Å²) in [5, 5.41) is 8.86. The third kappa shape index (κ3) is 1.56. The summed E-state index contributed by atoms with van der Waals surface area (Å²) in [6, 6.07) is 0. The van der Waals surface area contributed by atoms with Gasteiger partial charge in [0.05, 0.1) is 0 Å². The van der Waals surface area contributed by atoms with Crippen molar-refractivity contribution in [1.82, 2.24) is 4.90 Å². The highest BCUT2D eigenvalue weighted by atomic mass is 16.4. The van der Waals surface area contributed by atoms with Gasteiger partial charge in [-0.3, -0.25) is 4.99 Å². The average molecular weight is 182 g/mol. The molecule has 1 rings (SSSR count). The highest BCUT2D eigenvalue weighted by molar-refractivity contribution is 6.00. The number of aliphatic carboxylic acids is 1. The monoisotopic (exact) mass is 182 g/mol. The van der Waals surface area contributed by atoms with E-state index in [1.54, 1.807) is 11.9 Å². The van der Waals surface area contributed by atoms with E-state index >= 15 is 0 Å². The molecule has 4 nitrogen and oxygen atoms in total. The van der Waals surface area contributed by atoms with Gasteiger partial charge in [-0.05, 0) is 26.3 Å². The van der Waals surface area contributed by atoms with Crippen molar-refractivity contribution < 1.29 is 9.90 Å². The van der Waals surface area contributed by atoms with Gasteiger partial charge >= 0.3 is 5.97 Å². The summed E-state index contributed by atoms with van der Waals surface area (Å²) in [5.41, 5.74) is 2.84. The van der Waals surface area contributed by atoms with Gasteiger partial charge in [0.2, 0.25) is 6.17 Å². The van der Waals surface area contributed by atoms with Crippen molar-refractivity contribution in [3.8, 4) is 0 Å². The van der Waals surface area contributed by atoms with E-state index in [1.807, 2.05) is 20.8 Å². The largest absolute Gasteiger partial charge is 0.478 e. The normalized spacial score (nSPS) is 23.2. The van der Waals surface area contributed by atoms with E-state index in [-0.39, 0.29) is 0 Å². The first-order valence-corrected chi connectivity index (χ1v) is 4.13. The number of rotatable bonds is 1. The molecule has 72 valence electrons. The fraction of sp³-hybridized carbons (Fsp3) is 0.556. The molecule has 1 aliphatic heterocycles. The van der Waals surface area contributed by atoms with Crippen LogP contribution in [0.5, 0.6) is 0 Å². The highest BCUT2D eigenvalue weighted by Crippen LogP contribution is 2.19. The van der Waals surface area contributed by atoms with Gasteiger partial charge in [0, 0.05) is 18.5 Å². The third-order valence-corrected chi connectivity index (χ3v) is 2.52. The van der Waals surface area contributed by atoms with Crippen molar-refractivity contribution in [2.45, 2.75) is 26.9 Å². The molecule has 0 aromatic heterocycles. The van der Waals surface area contributed by atoms with Crippen molar-refractivity contribution >= 4 is 11.7 Å². The smallest absolute Gasteiger partial charge is 0.349 e. The number of carboxylic acids is 1. The Kier molecular flexibility index (Phi) is 2.40. The summed E-state index contributed by atoms with van der Waals surface area (Å²) in [7, 11) is 1.74. The summed E-state index contributed by atoms with van der Waals surface area (Å²) < 4.78 is 0. The van der Waals surface area contributed by atoms with Gasteiger partial charge in [-0.2, -0.15) is 0 Å². The van der Waals surface area contributed by atoms with Gasteiger partial charge in [0.15, 0.2) is 0 Å². The molecule has 1 atom stereocenters. The van der Waals surface area contributed by atoms with E-state index in [9.17, 15) is 4.79 Å². The van der Waals surface area contributed by atoms with E-state index in [1.165, 1.54) is 0 Å². The minimum absolute atomic E-state index is 0.760. The van der Waals surface area contributed by atoms with Crippen molar-refractivity contribution in [2.75, 3.05) is 7.05 Å². The molecule has 0 amide bonds. The molecule has 1 N–H and O–H groups in total. The zero-order valence-electron chi connectivity index (χ0n) is 8.33. The Bertz CT molecular complexity index is 305. The number of aliphatic imine (C=N–C) groups is 1. The minimum Gasteiger partial charge on any atom is -0.478 e. The molecule has 0 bridgehead atoms. The Hall–Kier alpha value is -1.32. The van der Waals surface area contributed by atoms with Gasteiger partial charge < -0.3 is 10.0 Å². The maximum Gasteiger partial charge on any atom is 0.349 e. The zero-order chi connectivity index (χ0) is 10.2. The standard InChI is InChI=1S/C9H14N2O2/c1-5-6(2)10-8(9(12)13)11(4)7(5)3/h8H,1-4H3,(H,12,13). The summed E-state index contributed by atoms with van der Waals surface area (Å²) in [5.74, 6) is -0.909. The van der Waals surface area contributed by atoms with Gasteiger partial charge in [0.25, 0.3) is 0 Å². The molecule has 0 saturated heterocycles. The van der Waals surface area contributed by atoms with Gasteiger partial charge in [-0.25, -0.2) is 4.79 Å². The number of carbonyl (C=O) groups is 1. The fourth-order valence-corrected chi connectivity index (χ4v) is 1.30. The van der Waals surface area contributed by atoms with E-state index in [2.05, 4.69) is 4.99 Å². The van der Waals surface area contributed by atoms with Crippen molar-refractivity contribution in [1.29, 1.82) is 0 Å². The van der Waals surface area contributed by atoms with Crippen LogP contribution in [0.2, 0.25) is 0 Å². The summed E-state index contributed by atoms with van der Waals surface area (Å²) in [6.07, 6.45) is -0.760. The van der Waals surface area contributed by atoms with Crippen molar-refractivity contribution in [3.05, 3.63) is 11.3 Å². The maximum atomic E-state index is 10.8. The summed E-state index contributed by atoms with van der Waals surface area (Å²) >= 11 is 0. The molecule has 0 saturated carbocycles. The molecule has 0 aromatic carbocycles. The second-order valence-electron chi connectivity index (χ2n) is 3.25. The molecule has 0 spiro atoms. The highest BCUT2D eigenvalue weighted by Gasteiger charge is 2.26. The number of allylic oxidation sites excluding steroid dienone is 2. The zero-order valence-corrected chi connectivity index (χ0v) is 8.33. The Labute approximate surface area is 77.6 Å². The lowest BCUT2D eigenvalue weighted by Gasteiger charge is -2.30. The lowest BCUT2D eigenvalue weighted by Crippen LogP contribution is -2.39. The predicted molar refractivity (Wildman–Crippen MR) is 50.7 cm³/mol. The van der Waals surface area contributed by atoms with Crippen LogP contribution in [0.1, 0.15) is 20.8 Å². The van der Waals surface area contributed by atoms with Crippen LogP contribution < -0.4 is 0 Å². The second-order valence-corrected chi connectivity index (χ2v) is 3.25. The number of hydrogen-bond donors (Lipinski definition) is 1. The second kappa shape index (κ2) is 3.20. The lowest BCUT2D eigenvalue weighted by atomic mass is 10.1. The topological polar surface area (TPSA) is 52.9 Å². The molecule has 4 heteroatoms. The lowest BCUT2D eigenvalue weighted by molar-refractivity contribution is -0.141. The average Bonchev–Trinajstić information content (AvgIpc) is 2.07. The van der Waals surface area contributed by atoms with Crippen LogP contribution in [0.15, 0.2) is 16.3 Å². The first-order valence-electron chi connectivity index (χ1n) is 4.13. The molecule has 13 heavy (non-hydrogen) atoms. The maximum absolute atomic E-state index is 10.8. The molecule has 0 fully saturated rings. The number of nitrogens with zero attached hydrogens (tertiary/aromatic N) is 2. The van der Waals surface area contributed by atoms with Crippen LogP contribution in [-0.2, 0) is 4.79 Å². The molecule has 1 heterocycles. The van der Waals surface area contributed by atoms with Gasteiger partial charge in [0.1, 0.15) is 0 Å². The molecule has 1 unspecified atom stereocenters. The Balaban J connectivity index is 3.07. The van der Waals surface area contributed by atoms with Crippen LogP contribution in [-0.4, -0.2) is 34.9 Å². The van der Waals surface area contributed by atoms with Gasteiger partial charge in [-0.1, -0.05) is 0 Å². The quantitative estimate of drug-likeness (QED) is 0.660. The van der Waals surface area contributed by atoms with Crippen molar-refractivity contribution in [2.24, 2.45) is 4.99 Å². The van der Waals surface area contributed by atoms with Crippen LogP contribution in [0.25, 0.3) is 0 Å². The molecule has 0 aromatic rings. The first-order chi connectivity index (χ1) is 5.95. The Morgan fingerprint density at radius 1 is 1.46 bits per heavy atom. The Morgan fingerprint density at radius 2 is 2.00 bits per heavy atom. The van der Waals surface area contributed by atoms with Crippen LogP contribution in [0.4, 0.5) is 0 Å².